The highest BCUT2D eigenvalue weighted by molar-refractivity contribution is 7.09. The van der Waals surface area contributed by atoms with Gasteiger partial charge in [0, 0.05) is 30.7 Å². The first kappa shape index (κ1) is 19.2. The van der Waals surface area contributed by atoms with Crippen molar-refractivity contribution in [3.05, 3.63) is 63.7 Å². The van der Waals surface area contributed by atoms with Gasteiger partial charge in [0.1, 0.15) is 0 Å². The van der Waals surface area contributed by atoms with Crippen LogP contribution in [0, 0.1) is 0 Å². The lowest BCUT2D eigenvalue weighted by Gasteiger charge is -2.02. The molecule has 0 saturated heterocycles. The number of nitrogens with zero attached hydrogens (tertiary/aromatic N) is 3. The molecule has 0 aliphatic carbocycles. The van der Waals surface area contributed by atoms with Crippen LogP contribution in [0.1, 0.15) is 54.2 Å². The van der Waals surface area contributed by atoms with E-state index in [1.165, 1.54) is 5.56 Å². The van der Waals surface area contributed by atoms with Crippen LogP contribution in [0.15, 0.2) is 40.2 Å². The van der Waals surface area contributed by atoms with Gasteiger partial charge in [0.15, 0.2) is 5.82 Å². The highest BCUT2D eigenvalue weighted by Gasteiger charge is 2.10. The molecule has 2 heterocycles. The number of amides is 1. The first-order valence-corrected chi connectivity index (χ1v) is 10.0. The van der Waals surface area contributed by atoms with Crippen molar-refractivity contribution < 1.29 is 9.32 Å². The van der Waals surface area contributed by atoms with Crippen LogP contribution in [0.5, 0.6) is 0 Å². The number of rotatable bonds is 9. The molecule has 3 rings (SSSR count). The Balaban J connectivity index is 1.38. The number of hydrogen-bond acceptors (Lipinski definition) is 6. The molecule has 1 amide bonds. The Bertz CT molecular complexity index is 858. The van der Waals surface area contributed by atoms with E-state index in [1.807, 2.05) is 37.4 Å². The molecule has 0 aliphatic rings. The number of hydrogen-bond donors (Lipinski definition) is 1. The van der Waals surface area contributed by atoms with Gasteiger partial charge in [-0.15, -0.1) is 11.3 Å². The minimum Gasteiger partial charge on any atom is -0.356 e. The third kappa shape index (κ3) is 5.99. The van der Waals surface area contributed by atoms with E-state index in [2.05, 4.69) is 32.6 Å². The molecule has 6 nitrogen and oxygen atoms in total. The molecule has 0 aliphatic heterocycles. The summed E-state index contributed by atoms with van der Waals surface area (Å²) in [5, 5.41) is 9.85. The van der Waals surface area contributed by atoms with Crippen molar-refractivity contribution in [1.82, 2.24) is 20.4 Å². The lowest BCUT2D eigenvalue weighted by molar-refractivity contribution is -0.120. The van der Waals surface area contributed by atoms with Crippen LogP contribution < -0.4 is 5.32 Å². The van der Waals surface area contributed by atoms with Gasteiger partial charge in [0.05, 0.1) is 17.1 Å². The quantitative estimate of drug-likeness (QED) is 0.571. The SMILES string of the molecule is CC(C)c1noc(CCCNC(=O)Cc2csc(Cc3ccccc3)n2)n1. The molecule has 0 unspecified atom stereocenters. The zero-order valence-electron chi connectivity index (χ0n) is 15.6. The van der Waals surface area contributed by atoms with Crippen LogP contribution in [0.4, 0.5) is 0 Å². The van der Waals surface area contributed by atoms with Gasteiger partial charge < -0.3 is 9.84 Å². The van der Waals surface area contributed by atoms with Crippen molar-refractivity contribution in [3.63, 3.8) is 0 Å². The second-order valence-electron chi connectivity index (χ2n) is 6.73. The van der Waals surface area contributed by atoms with Crippen molar-refractivity contribution >= 4 is 17.2 Å². The summed E-state index contributed by atoms with van der Waals surface area (Å²) in [7, 11) is 0. The molecule has 1 N–H and O–H groups in total. The molecule has 1 aromatic carbocycles. The van der Waals surface area contributed by atoms with Gasteiger partial charge in [-0.25, -0.2) is 4.98 Å². The lowest BCUT2D eigenvalue weighted by Crippen LogP contribution is -2.26. The topological polar surface area (TPSA) is 80.9 Å². The van der Waals surface area contributed by atoms with Crippen molar-refractivity contribution in [2.75, 3.05) is 6.54 Å². The lowest BCUT2D eigenvalue weighted by atomic mass is 10.2. The van der Waals surface area contributed by atoms with Gasteiger partial charge in [-0.05, 0) is 12.0 Å². The number of nitrogens with one attached hydrogen (secondary N) is 1. The summed E-state index contributed by atoms with van der Waals surface area (Å²) in [5.41, 5.74) is 2.05. The van der Waals surface area contributed by atoms with E-state index in [9.17, 15) is 4.79 Å². The Hall–Kier alpha value is -2.54. The summed E-state index contributed by atoms with van der Waals surface area (Å²) in [6.07, 6.45) is 2.54. The van der Waals surface area contributed by atoms with Crippen LogP contribution in [-0.2, 0) is 24.1 Å². The molecule has 0 spiro atoms. The monoisotopic (exact) mass is 384 g/mol. The van der Waals surface area contributed by atoms with Crippen LogP contribution in [0.3, 0.4) is 0 Å². The largest absolute Gasteiger partial charge is 0.356 e. The number of carbonyl (C=O) groups is 1. The highest BCUT2D eigenvalue weighted by atomic mass is 32.1. The Morgan fingerprint density at radius 2 is 2.04 bits per heavy atom. The first-order chi connectivity index (χ1) is 13.1. The molecule has 0 bridgehead atoms. The van der Waals surface area contributed by atoms with Gasteiger partial charge in [-0.2, -0.15) is 4.98 Å². The highest BCUT2D eigenvalue weighted by Crippen LogP contribution is 2.15. The fourth-order valence-electron chi connectivity index (χ4n) is 2.58. The number of aryl methyl sites for hydroxylation is 1. The van der Waals surface area contributed by atoms with Crippen molar-refractivity contribution in [2.45, 2.75) is 45.4 Å². The normalized spacial score (nSPS) is 11.1. The molecule has 7 heteroatoms. The standard InChI is InChI=1S/C20H24N4O2S/c1-14(2)20-23-18(26-24-20)9-6-10-21-17(25)12-16-13-27-19(22-16)11-15-7-4-3-5-8-15/h3-5,7-8,13-14H,6,9-12H2,1-2H3,(H,21,25). The number of benzene rings is 1. The second-order valence-corrected chi connectivity index (χ2v) is 7.67. The number of aromatic nitrogens is 3. The van der Waals surface area contributed by atoms with E-state index in [4.69, 9.17) is 4.52 Å². The molecular weight excluding hydrogens is 360 g/mol. The van der Waals surface area contributed by atoms with E-state index in [-0.39, 0.29) is 11.8 Å². The maximum atomic E-state index is 12.1. The molecule has 142 valence electrons. The van der Waals surface area contributed by atoms with E-state index in [1.54, 1.807) is 11.3 Å². The average Bonchev–Trinajstić information content (AvgIpc) is 3.29. The minimum absolute atomic E-state index is 0.0139. The van der Waals surface area contributed by atoms with Gasteiger partial charge in [-0.3, -0.25) is 4.79 Å². The molecular formula is C20H24N4O2S. The van der Waals surface area contributed by atoms with E-state index in [0.29, 0.717) is 25.3 Å². The summed E-state index contributed by atoms with van der Waals surface area (Å²) >= 11 is 1.60. The van der Waals surface area contributed by atoms with Crippen molar-refractivity contribution in [1.29, 1.82) is 0 Å². The van der Waals surface area contributed by atoms with E-state index < -0.39 is 0 Å². The van der Waals surface area contributed by atoms with Crippen molar-refractivity contribution in [3.8, 4) is 0 Å². The molecule has 0 atom stereocenters. The molecule has 27 heavy (non-hydrogen) atoms. The zero-order chi connectivity index (χ0) is 19.1. The second kappa shape index (κ2) is 9.41. The third-order valence-electron chi connectivity index (χ3n) is 4.03. The Kier molecular flexibility index (Phi) is 6.70. The van der Waals surface area contributed by atoms with Crippen LogP contribution >= 0.6 is 11.3 Å². The fraction of sp³-hybridized carbons (Fsp3) is 0.400. The van der Waals surface area contributed by atoms with Crippen molar-refractivity contribution in [2.24, 2.45) is 0 Å². The average molecular weight is 385 g/mol. The Morgan fingerprint density at radius 1 is 1.22 bits per heavy atom. The number of carbonyl (C=O) groups excluding carboxylic acids is 1. The van der Waals surface area contributed by atoms with Gasteiger partial charge in [0.25, 0.3) is 0 Å². The van der Waals surface area contributed by atoms with E-state index in [0.717, 1.165) is 29.4 Å². The molecule has 0 saturated carbocycles. The van der Waals surface area contributed by atoms with Gasteiger partial charge in [0.2, 0.25) is 11.8 Å². The van der Waals surface area contributed by atoms with Gasteiger partial charge >= 0.3 is 0 Å². The summed E-state index contributed by atoms with van der Waals surface area (Å²) in [6, 6.07) is 10.2. The molecule has 0 fully saturated rings. The van der Waals surface area contributed by atoms with E-state index >= 15 is 0 Å². The zero-order valence-corrected chi connectivity index (χ0v) is 16.5. The molecule has 3 aromatic rings. The molecule has 0 radical (unpaired) electrons. The smallest absolute Gasteiger partial charge is 0.226 e. The fourth-order valence-corrected chi connectivity index (χ4v) is 3.41. The summed E-state index contributed by atoms with van der Waals surface area (Å²) < 4.78 is 5.20. The third-order valence-corrected chi connectivity index (χ3v) is 4.93. The molecule has 2 aromatic heterocycles. The van der Waals surface area contributed by atoms with Gasteiger partial charge in [-0.1, -0.05) is 49.3 Å². The Morgan fingerprint density at radius 3 is 2.78 bits per heavy atom. The summed E-state index contributed by atoms with van der Waals surface area (Å²) in [4.78, 5) is 21.0. The first-order valence-electron chi connectivity index (χ1n) is 9.16. The minimum atomic E-state index is -0.0139. The van der Waals surface area contributed by atoms with Crippen LogP contribution in [0.25, 0.3) is 0 Å². The predicted octanol–water partition coefficient (Wildman–Crippen LogP) is 3.53. The maximum absolute atomic E-state index is 12.1. The summed E-state index contributed by atoms with van der Waals surface area (Å²) in [5.74, 6) is 1.59. The van der Waals surface area contributed by atoms with Crippen LogP contribution in [-0.4, -0.2) is 27.6 Å². The number of thiazole rings is 1. The predicted molar refractivity (Wildman–Crippen MR) is 105 cm³/mol. The summed E-state index contributed by atoms with van der Waals surface area (Å²) in [6.45, 7) is 4.64. The maximum Gasteiger partial charge on any atom is 0.226 e. The Labute approximate surface area is 163 Å². The van der Waals surface area contributed by atoms with Crippen LogP contribution in [0.2, 0.25) is 0 Å².